The molecular formula is C12H24N4O2. The highest BCUT2D eigenvalue weighted by Gasteiger charge is 2.24. The molecule has 0 spiro atoms. The SMILES string of the molecule is CCC(CC(N)=NO)NC(C)C(=O)N1CCCC1. The zero-order valence-corrected chi connectivity index (χ0v) is 11.2. The van der Waals surface area contributed by atoms with E-state index < -0.39 is 0 Å². The summed E-state index contributed by atoms with van der Waals surface area (Å²) in [4.78, 5) is 14.0. The lowest BCUT2D eigenvalue weighted by atomic mass is 10.1. The fraction of sp³-hybridized carbons (Fsp3) is 0.833. The quantitative estimate of drug-likeness (QED) is 0.279. The van der Waals surface area contributed by atoms with E-state index in [2.05, 4.69) is 10.5 Å². The lowest BCUT2D eigenvalue weighted by Crippen LogP contribution is -2.48. The number of hydrogen-bond acceptors (Lipinski definition) is 4. The molecule has 6 heteroatoms. The van der Waals surface area contributed by atoms with Gasteiger partial charge in [0, 0.05) is 25.6 Å². The number of nitrogens with zero attached hydrogens (tertiary/aromatic N) is 2. The third-order valence-electron chi connectivity index (χ3n) is 3.35. The molecule has 6 nitrogen and oxygen atoms in total. The van der Waals surface area contributed by atoms with E-state index in [9.17, 15) is 4.79 Å². The van der Waals surface area contributed by atoms with Crippen LogP contribution in [0.25, 0.3) is 0 Å². The molecule has 0 aromatic heterocycles. The van der Waals surface area contributed by atoms with Gasteiger partial charge in [-0.05, 0) is 26.2 Å². The smallest absolute Gasteiger partial charge is 0.239 e. The van der Waals surface area contributed by atoms with Crippen molar-refractivity contribution in [1.82, 2.24) is 10.2 Å². The molecule has 1 fully saturated rings. The molecule has 1 amide bonds. The van der Waals surface area contributed by atoms with Gasteiger partial charge in [-0.15, -0.1) is 0 Å². The fourth-order valence-electron chi connectivity index (χ4n) is 2.25. The maximum Gasteiger partial charge on any atom is 0.239 e. The number of carbonyl (C=O) groups is 1. The largest absolute Gasteiger partial charge is 0.409 e. The Kier molecular flexibility index (Phi) is 5.91. The summed E-state index contributed by atoms with van der Waals surface area (Å²) in [6.45, 7) is 5.61. The van der Waals surface area contributed by atoms with Gasteiger partial charge < -0.3 is 21.2 Å². The summed E-state index contributed by atoms with van der Waals surface area (Å²) in [5.41, 5.74) is 5.49. The summed E-state index contributed by atoms with van der Waals surface area (Å²) >= 11 is 0. The summed E-state index contributed by atoms with van der Waals surface area (Å²) in [6, 6.07) is -0.165. The summed E-state index contributed by atoms with van der Waals surface area (Å²) in [7, 11) is 0. The van der Waals surface area contributed by atoms with Gasteiger partial charge in [0.15, 0.2) is 0 Å². The van der Waals surface area contributed by atoms with Crippen molar-refractivity contribution in [2.24, 2.45) is 10.9 Å². The van der Waals surface area contributed by atoms with Crippen molar-refractivity contribution in [3.63, 3.8) is 0 Å². The maximum absolute atomic E-state index is 12.1. The van der Waals surface area contributed by atoms with Crippen molar-refractivity contribution in [2.75, 3.05) is 13.1 Å². The first-order chi connectivity index (χ1) is 8.58. The average molecular weight is 256 g/mol. The molecule has 1 saturated heterocycles. The van der Waals surface area contributed by atoms with Gasteiger partial charge in [-0.1, -0.05) is 12.1 Å². The molecule has 1 rings (SSSR count). The first-order valence-corrected chi connectivity index (χ1v) is 6.59. The number of amides is 1. The van der Waals surface area contributed by atoms with Crippen LogP contribution in [0.1, 0.15) is 39.5 Å². The summed E-state index contributed by atoms with van der Waals surface area (Å²) < 4.78 is 0. The lowest BCUT2D eigenvalue weighted by Gasteiger charge is -2.25. The normalized spacial score (nSPS) is 19.9. The Morgan fingerprint density at radius 2 is 2.11 bits per heavy atom. The van der Waals surface area contributed by atoms with Gasteiger partial charge in [-0.3, -0.25) is 4.79 Å². The van der Waals surface area contributed by atoms with Crippen molar-refractivity contribution in [2.45, 2.75) is 51.6 Å². The first-order valence-electron chi connectivity index (χ1n) is 6.59. The number of rotatable bonds is 6. The number of nitrogens with two attached hydrogens (primary N) is 1. The molecule has 18 heavy (non-hydrogen) atoms. The van der Waals surface area contributed by atoms with Gasteiger partial charge in [-0.25, -0.2) is 0 Å². The Morgan fingerprint density at radius 1 is 1.50 bits per heavy atom. The Hall–Kier alpha value is -1.30. The Morgan fingerprint density at radius 3 is 2.61 bits per heavy atom. The van der Waals surface area contributed by atoms with Crippen LogP contribution >= 0.6 is 0 Å². The molecular weight excluding hydrogens is 232 g/mol. The summed E-state index contributed by atoms with van der Waals surface area (Å²) in [5, 5.41) is 14.8. The molecule has 2 unspecified atom stereocenters. The molecule has 0 radical (unpaired) electrons. The second kappa shape index (κ2) is 7.20. The number of carbonyl (C=O) groups excluding carboxylic acids is 1. The van der Waals surface area contributed by atoms with Crippen LogP contribution in [0.5, 0.6) is 0 Å². The predicted molar refractivity (Wildman–Crippen MR) is 70.5 cm³/mol. The third kappa shape index (κ3) is 4.18. The van der Waals surface area contributed by atoms with Crippen molar-refractivity contribution in [3.05, 3.63) is 0 Å². The van der Waals surface area contributed by atoms with Gasteiger partial charge in [0.05, 0.1) is 6.04 Å². The third-order valence-corrected chi connectivity index (χ3v) is 3.35. The van der Waals surface area contributed by atoms with Crippen LogP contribution in [-0.2, 0) is 4.79 Å². The van der Waals surface area contributed by atoms with Gasteiger partial charge >= 0.3 is 0 Å². The van der Waals surface area contributed by atoms with Crippen LogP contribution in [0.2, 0.25) is 0 Å². The molecule has 2 atom stereocenters. The standard InChI is InChI=1S/C12H24N4O2/c1-3-10(8-11(13)15-18)14-9(2)12(17)16-6-4-5-7-16/h9-10,14,18H,3-8H2,1-2H3,(H2,13,15). The Balaban J connectivity index is 2.45. The second-order valence-corrected chi connectivity index (χ2v) is 4.82. The number of hydrogen-bond donors (Lipinski definition) is 3. The number of likely N-dealkylation sites (tertiary alicyclic amines) is 1. The molecule has 0 aliphatic carbocycles. The molecule has 0 aromatic carbocycles. The minimum Gasteiger partial charge on any atom is -0.409 e. The van der Waals surface area contributed by atoms with Gasteiger partial charge in [0.2, 0.25) is 5.91 Å². The van der Waals surface area contributed by atoms with E-state index in [0.29, 0.717) is 6.42 Å². The molecule has 4 N–H and O–H groups in total. The Bertz CT molecular complexity index is 300. The van der Waals surface area contributed by atoms with Gasteiger partial charge in [0.25, 0.3) is 0 Å². The van der Waals surface area contributed by atoms with Gasteiger partial charge in [0.1, 0.15) is 5.84 Å². The Labute approximate surface area is 108 Å². The minimum absolute atomic E-state index is 0.0578. The predicted octanol–water partition coefficient (Wildman–Crippen LogP) is 0.502. The number of amidine groups is 1. The lowest BCUT2D eigenvalue weighted by molar-refractivity contribution is -0.132. The van der Waals surface area contributed by atoms with Crippen molar-refractivity contribution >= 4 is 11.7 Å². The van der Waals surface area contributed by atoms with E-state index in [1.165, 1.54) is 0 Å². The van der Waals surface area contributed by atoms with E-state index in [1.54, 1.807) is 0 Å². The van der Waals surface area contributed by atoms with E-state index in [4.69, 9.17) is 10.9 Å². The average Bonchev–Trinajstić information content (AvgIpc) is 2.90. The van der Waals surface area contributed by atoms with E-state index in [1.807, 2.05) is 18.7 Å². The van der Waals surface area contributed by atoms with Crippen LogP contribution in [-0.4, -0.2) is 47.0 Å². The fourth-order valence-corrected chi connectivity index (χ4v) is 2.25. The molecule has 1 aliphatic heterocycles. The summed E-state index contributed by atoms with van der Waals surface area (Å²) in [5.74, 6) is 0.334. The maximum atomic E-state index is 12.1. The van der Waals surface area contributed by atoms with Gasteiger partial charge in [-0.2, -0.15) is 0 Å². The van der Waals surface area contributed by atoms with Crippen LogP contribution in [0.3, 0.4) is 0 Å². The van der Waals surface area contributed by atoms with Crippen LogP contribution in [0.4, 0.5) is 0 Å². The summed E-state index contributed by atoms with van der Waals surface area (Å²) in [6.07, 6.45) is 3.47. The molecule has 0 bridgehead atoms. The molecule has 0 saturated carbocycles. The first kappa shape index (κ1) is 14.8. The molecule has 104 valence electrons. The van der Waals surface area contributed by atoms with E-state index >= 15 is 0 Å². The highest BCUT2D eigenvalue weighted by Crippen LogP contribution is 2.10. The number of oxime groups is 1. The molecule has 0 aromatic rings. The van der Waals surface area contributed by atoms with Crippen molar-refractivity contribution < 1.29 is 10.0 Å². The van der Waals surface area contributed by atoms with E-state index in [-0.39, 0.29) is 23.8 Å². The van der Waals surface area contributed by atoms with E-state index in [0.717, 1.165) is 32.4 Å². The van der Waals surface area contributed by atoms with Crippen molar-refractivity contribution in [3.8, 4) is 0 Å². The zero-order valence-electron chi connectivity index (χ0n) is 11.2. The van der Waals surface area contributed by atoms with Crippen molar-refractivity contribution in [1.29, 1.82) is 0 Å². The minimum atomic E-state index is -0.223. The van der Waals surface area contributed by atoms with Crippen LogP contribution < -0.4 is 11.1 Å². The monoisotopic (exact) mass is 256 g/mol. The number of nitrogens with one attached hydrogen (secondary N) is 1. The zero-order chi connectivity index (χ0) is 13.5. The highest BCUT2D eigenvalue weighted by atomic mass is 16.4. The molecule has 1 heterocycles. The van der Waals surface area contributed by atoms with Crippen LogP contribution in [0.15, 0.2) is 5.16 Å². The van der Waals surface area contributed by atoms with Crippen LogP contribution in [0, 0.1) is 0 Å². The topological polar surface area (TPSA) is 91.0 Å². The molecule has 1 aliphatic rings. The highest BCUT2D eigenvalue weighted by molar-refractivity contribution is 5.82. The second-order valence-electron chi connectivity index (χ2n) is 4.82.